The Kier molecular flexibility index (Phi) is 4.17. The van der Waals surface area contributed by atoms with Crippen LogP contribution in [0.1, 0.15) is 58.8 Å². The van der Waals surface area contributed by atoms with Crippen LogP contribution >= 0.6 is 0 Å². The Morgan fingerprint density at radius 3 is 2.63 bits per heavy atom. The zero-order valence-electron chi connectivity index (χ0n) is 16.8. The lowest BCUT2D eigenvalue weighted by Crippen LogP contribution is -2.59. The molecule has 1 aliphatic heterocycles. The van der Waals surface area contributed by atoms with Crippen molar-refractivity contribution in [3.8, 4) is 0 Å². The molecule has 0 aromatic heterocycles. The summed E-state index contributed by atoms with van der Waals surface area (Å²) in [5.74, 6) is 1.53. The Balaban J connectivity index is 1.50. The van der Waals surface area contributed by atoms with Gasteiger partial charge in [-0.05, 0) is 67.1 Å². The summed E-state index contributed by atoms with van der Waals surface area (Å²) in [4.78, 5) is 13.6. The fourth-order valence-electron chi connectivity index (χ4n) is 8.24. The molecule has 1 heterocycles. The molecule has 0 bridgehead atoms. The third kappa shape index (κ3) is 2.36. The van der Waals surface area contributed by atoms with Gasteiger partial charge in [0.05, 0.1) is 19.8 Å². The number of ether oxygens (including phenoxy) is 2. The average Bonchev–Trinajstić information content (AvgIpc) is 3.25. The molecular weight excluding hydrogens is 340 g/mol. The highest BCUT2D eigenvalue weighted by Gasteiger charge is 2.66. The quantitative estimate of drug-likeness (QED) is 0.749. The van der Waals surface area contributed by atoms with E-state index in [1.54, 1.807) is 0 Å². The molecule has 1 saturated heterocycles. The van der Waals surface area contributed by atoms with E-state index in [1.165, 1.54) is 12.8 Å². The molecule has 4 heteroatoms. The number of carbonyl (C=O) groups is 1. The van der Waals surface area contributed by atoms with Crippen molar-refractivity contribution in [2.75, 3.05) is 19.8 Å². The summed E-state index contributed by atoms with van der Waals surface area (Å²) in [5.41, 5.74) is 0.0300. The summed E-state index contributed by atoms with van der Waals surface area (Å²) in [6.45, 7) is 5.67. The number of aliphatic hydroxyl groups excluding tert-OH is 1. The Morgan fingerprint density at radius 1 is 1.11 bits per heavy atom. The molecule has 150 valence electrons. The Morgan fingerprint density at radius 2 is 1.89 bits per heavy atom. The van der Waals surface area contributed by atoms with E-state index in [9.17, 15) is 9.90 Å². The predicted molar refractivity (Wildman–Crippen MR) is 102 cm³/mol. The molecule has 0 spiro atoms. The Bertz CT molecular complexity index is 651. The summed E-state index contributed by atoms with van der Waals surface area (Å²) < 4.78 is 11.9. The summed E-state index contributed by atoms with van der Waals surface area (Å²) in [7, 11) is 0. The van der Waals surface area contributed by atoms with Crippen LogP contribution in [-0.4, -0.2) is 36.5 Å². The van der Waals surface area contributed by atoms with Gasteiger partial charge in [0.2, 0.25) is 0 Å². The van der Waals surface area contributed by atoms with Crippen molar-refractivity contribution in [2.45, 2.75) is 64.6 Å². The molecule has 0 aromatic rings. The molecule has 5 rings (SSSR count). The number of ketones is 1. The average molecular weight is 375 g/mol. The number of fused-ring (bicyclic) bond motifs is 5. The standard InChI is InChI=1S/C23H34O4/c1-21-10-4-3-5-15(21)6-7-16-17-8-9-19(23(14-24)26-11-12-27-23)22(17,2)13-18(25)20(16)21/h3,5,15-17,19-20,24H,4,6-14H2,1-2H3/t15-,16+,17+,19+,20-,21+,22+/m1/s1. The van der Waals surface area contributed by atoms with E-state index in [-0.39, 0.29) is 29.3 Å². The van der Waals surface area contributed by atoms with Crippen LogP contribution < -0.4 is 0 Å². The zero-order valence-corrected chi connectivity index (χ0v) is 16.8. The zero-order chi connectivity index (χ0) is 18.9. The van der Waals surface area contributed by atoms with Crippen LogP contribution in [0.4, 0.5) is 0 Å². The normalized spacial score (nSPS) is 50.9. The van der Waals surface area contributed by atoms with Gasteiger partial charge in [0.25, 0.3) is 0 Å². The molecule has 3 saturated carbocycles. The number of hydrogen-bond acceptors (Lipinski definition) is 4. The SMILES string of the molecule is C[C@]12CCC=C[C@@H]1CC[C@H]1[C@@H]3CC[C@H](C4(CO)OCCO4)[C@@]3(C)CC(=O)[C@@H]12. The van der Waals surface area contributed by atoms with E-state index in [4.69, 9.17) is 9.47 Å². The third-order valence-electron chi connectivity index (χ3n) is 9.37. The first-order chi connectivity index (χ1) is 12.9. The summed E-state index contributed by atoms with van der Waals surface area (Å²) in [5, 5.41) is 10.1. The van der Waals surface area contributed by atoms with Crippen molar-refractivity contribution in [2.24, 2.45) is 40.4 Å². The van der Waals surface area contributed by atoms with E-state index in [0.29, 0.717) is 43.2 Å². The second-order valence-corrected chi connectivity index (χ2v) is 10.4. The molecule has 4 nitrogen and oxygen atoms in total. The van der Waals surface area contributed by atoms with Gasteiger partial charge in [0, 0.05) is 18.3 Å². The van der Waals surface area contributed by atoms with Gasteiger partial charge in [-0.25, -0.2) is 0 Å². The Hall–Kier alpha value is -0.710. The molecule has 4 aliphatic carbocycles. The molecule has 0 unspecified atom stereocenters. The van der Waals surface area contributed by atoms with Crippen molar-refractivity contribution < 1.29 is 19.4 Å². The second kappa shape index (κ2) is 6.14. The van der Waals surface area contributed by atoms with Crippen LogP contribution in [0.5, 0.6) is 0 Å². The summed E-state index contributed by atoms with van der Waals surface area (Å²) >= 11 is 0. The minimum Gasteiger partial charge on any atom is -0.391 e. The lowest BCUT2D eigenvalue weighted by atomic mass is 9.45. The van der Waals surface area contributed by atoms with E-state index in [1.807, 2.05) is 0 Å². The molecule has 0 aromatic carbocycles. The highest BCUT2D eigenvalue weighted by Crippen LogP contribution is 2.67. The highest BCUT2D eigenvalue weighted by atomic mass is 16.7. The molecule has 0 radical (unpaired) electrons. The van der Waals surface area contributed by atoms with Crippen molar-refractivity contribution in [1.29, 1.82) is 0 Å². The summed E-state index contributed by atoms with van der Waals surface area (Å²) in [6.07, 6.45) is 12.2. The topological polar surface area (TPSA) is 55.8 Å². The number of carbonyl (C=O) groups excluding carboxylic acids is 1. The maximum absolute atomic E-state index is 13.6. The largest absolute Gasteiger partial charge is 0.391 e. The summed E-state index contributed by atoms with van der Waals surface area (Å²) in [6, 6.07) is 0. The first-order valence-electron chi connectivity index (χ1n) is 11.0. The maximum atomic E-state index is 13.6. The smallest absolute Gasteiger partial charge is 0.195 e. The van der Waals surface area contributed by atoms with Gasteiger partial charge in [-0.3, -0.25) is 4.79 Å². The lowest BCUT2D eigenvalue weighted by molar-refractivity contribution is -0.243. The van der Waals surface area contributed by atoms with Crippen molar-refractivity contribution in [3.63, 3.8) is 0 Å². The number of aliphatic hydroxyl groups is 1. The van der Waals surface area contributed by atoms with Crippen LogP contribution in [0.25, 0.3) is 0 Å². The second-order valence-electron chi connectivity index (χ2n) is 10.4. The number of allylic oxidation sites excluding steroid dienone is 2. The lowest BCUT2D eigenvalue weighted by Gasteiger charge is -2.59. The fourth-order valence-corrected chi connectivity index (χ4v) is 8.24. The molecule has 0 amide bonds. The first-order valence-corrected chi connectivity index (χ1v) is 11.0. The van der Waals surface area contributed by atoms with Crippen LogP contribution in [0.3, 0.4) is 0 Å². The van der Waals surface area contributed by atoms with E-state index >= 15 is 0 Å². The van der Waals surface area contributed by atoms with Gasteiger partial charge in [0.15, 0.2) is 5.79 Å². The molecule has 27 heavy (non-hydrogen) atoms. The number of hydrogen-bond donors (Lipinski definition) is 1. The van der Waals surface area contributed by atoms with E-state index in [0.717, 1.165) is 25.7 Å². The Labute approximate surface area is 162 Å². The van der Waals surface area contributed by atoms with Crippen molar-refractivity contribution >= 4 is 5.78 Å². The molecule has 5 aliphatic rings. The van der Waals surface area contributed by atoms with Crippen LogP contribution in [0, 0.1) is 40.4 Å². The fraction of sp³-hybridized carbons (Fsp3) is 0.870. The minimum absolute atomic E-state index is 0.104. The van der Waals surface area contributed by atoms with Gasteiger partial charge in [-0.1, -0.05) is 26.0 Å². The van der Waals surface area contributed by atoms with Gasteiger partial charge < -0.3 is 14.6 Å². The molecule has 1 N–H and O–H groups in total. The molecule has 4 fully saturated rings. The first kappa shape index (κ1) is 18.3. The highest BCUT2D eigenvalue weighted by molar-refractivity contribution is 5.84. The number of rotatable bonds is 2. The van der Waals surface area contributed by atoms with Crippen LogP contribution in [0.15, 0.2) is 12.2 Å². The van der Waals surface area contributed by atoms with Crippen LogP contribution in [-0.2, 0) is 14.3 Å². The van der Waals surface area contributed by atoms with Gasteiger partial charge in [0.1, 0.15) is 5.78 Å². The maximum Gasteiger partial charge on any atom is 0.195 e. The van der Waals surface area contributed by atoms with Crippen LogP contribution in [0.2, 0.25) is 0 Å². The molecule has 7 atom stereocenters. The predicted octanol–water partition coefficient (Wildman–Crippen LogP) is 3.73. The van der Waals surface area contributed by atoms with Gasteiger partial charge >= 0.3 is 0 Å². The van der Waals surface area contributed by atoms with E-state index in [2.05, 4.69) is 26.0 Å². The third-order valence-corrected chi connectivity index (χ3v) is 9.37. The van der Waals surface area contributed by atoms with Crippen molar-refractivity contribution in [1.82, 2.24) is 0 Å². The molecular formula is C23H34O4. The van der Waals surface area contributed by atoms with Crippen molar-refractivity contribution in [3.05, 3.63) is 12.2 Å². The minimum atomic E-state index is -0.884. The monoisotopic (exact) mass is 374 g/mol. The van der Waals surface area contributed by atoms with Gasteiger partial charge in [-0.2, -0.15) is 0 Å². The number of Topliss-reactive ketones (excluding diaryl/α,β-unsaturated/α-hetero) is 1. The van der Waals surface area contributed by atoms with Gasteiger partial charge in [-0.15, -0.1) is 0 Å². The van der Waals surface area contributed by atoms with E-state index < -0.39 is 5.79 Å².